The van der Waals surface area contributed by atoms with Gasteiger partial charge in [-0.05, 0) is 38.0 Å². The van der Waals surface area contributed by atoms with Gasteiger partial charge in [0.1, 0.15) is 17.4 Å². The van der Waals surface area contributed by atoms with Crippen molar-refractivity contribution < 1.29 is 19.1 Å². The van der Waals surface area contributed by atoms with Crippen LogP contribution in [0.4, 0.5) is 0 Å². The second kappa shape index (κ2) is 5.99. The van der Waals surface area contributed by atoms with Crippen molar-refractivity contribution >= 4 is 16.9 Å². The molecule has 0 saturated heterocycles. The number of fused-ring (bicyclic) bond motifs is 1. The normalized spacial score (nSPS) is 12.3. The topological polar surface area (TPSA) is 79.6 Å². The molecule has 21 heavy (non-hydrogen) atoms. The summed E-state index contributed by atoms with van der Waals surface area (Å²) in [5, 5.41) is 11.6. The van der Waals surface area contributed by atoms with E-state index in [1.807, 2.05) is 6.92 Å². The second-order valence-corrected chi connectivity index (χ2v) is 4.99. The van der Waals surface area contributed by atoms with Gasteiger partial charge in [-0.1, -0.05) is 13.3 Å². The highest BCUT2D eigenvalue weighted by atomic mass is 16.5. The molecule has 5 heteroatoms. The number of hydrogen-bond acceptors (Lipinski definition) is 5. The van der Waals surface area contributed by atoms with Gasteiger partial charge in [0.05, 0.1) is 5.97 Å². The largest absolute Gasteiger partial charge is 0.546 e. The fourth-order valence-electron chi connectivity index (χ4n) is 2.25. The number of ether oxygens (including phenoxy) is 1. The number of carbonyl (C=O) groups is 1. The predicted molar refractivity (Wildman–Crippen MR) is 76.3 cm³/mol. The quantitative estimate of drug-likeness (QED) is 0.781. The van der Waals surface area contributed by atoms with Crippen LogP contribution in [0.1, 0.15) is 31.4 Å². The molecule has 0 unspecified atom stereocenters. The number of rotatable bonds is 5. The number of aliphatic carboxylic acids is 1. The molecule has 1 atom stereocenters. The first-order valence-electron chi connectivity index (χ1n) is 6.88. The maximum Gasteiger partial charge on any atom is 0.336 e. The smallest absolute Gasteiger partial charge is 0.336 e. The third kappa shape index (κ3) is 3.07. The second-order valence-electron chi connectivity index (χ2n) is 4.99. The maximum atomic E-state index is 11.7. The molecular formula is C16H17O5-. The van der Waals surface area contributed by atoms with Gasteiger partial charge in [0.15, 0.2) is 0 Å². The van der Waals surface area contributed by atoms with E-state index >= 15 is 0 Å². The van der Waals surface area contributed by atoms with Crippen molar-refractivity contribution in [1.82, 2.24) is 0 Å². The van der Waals surface area contributed by atoms with Gasteiger partial charge in [0, 0.05) is 17.0 Å². The van der Waals surface area contributed by atoms with Crippen LogP contribution in [0.2, 0.25) is 0 Å². The summed E-state index contributed by atoms with van der Waals surface area (Å²) in [4.78, 5) is 22.4. The van der Waals surface area contributed by atoms with Crippen LogP contribution in [0, 0.1) is 6.92 Å². The minimum atomic E-state index is -1.30. The Bertz CT molecular complexity index is 729. The summed E-state index contributed by atoms with van der Waals surface area (Å²) in [6.45, 7) is 5.16. The van der Waals surface area contributed by atoms with E-state index in [0.29, 0.717) is 16.9 Å². The SMILES string of the molecule is CCCc1cc(=O)oc2c(C)c(O[C@H](C)C(=O)[O-])ccc12. The van der Waals surface area contributed by atoms with Crippen LogP contribution in [0.15, 0.2) is 27.4 Å². The molecule has 0 aliphatic rings. The Morgan fingerprint density at radius 3 is 2.76 bits per heavy atom. The van der Waals surface area contributed by atoms with Crippen molar-refractivity contribution in [3.8, 4) is 5.75 Å². The summed E-state index contributed by atoms with van der Waals surface area (Å²) >= 11 is 0. The number of carboxylic acid groups (broad SMARTS) is 1. The molecule has 2 aromatic rings. The van der Waals surface area contributed by atoms with Crippen molar-refractivity contribution in [2.45, 2.75) is 39.7 Å². The number of carboxylic acids is 1. The molecule has 0 spiro atoms. The van der Waals surface area contributed by atoms with Crippen molar-refractivity contribution in [3.05, 3.63) is 39.7 Å². The van der Waals surface area contributed by atoms with Crippen molar-refractivity contribution in [2.75, 3.05) is 0 Å². The third-order valence-corrected chi connectivity index (χ3v) is 3.35. The molecule has 112 valence electrons. The van der Waals surface area contributed by atoms with Crippen LogP contribution in [0.25, 0.3) is 11.0 Å². The van der Waals surface area contributed by atoms with E-state index < -0.39 is 17.7 Å². The molecule has 2 rings (SSSR count). The van der Waals surface area contributed by atoms with E-state index in [1.54, 1.807) is 19.1 Å². The average molecular weight is 289 g/mol. The van der Waals surface area contributed by atoms with E-state index in [1.165, 1.54) is 13.0 Å². The van der Waals surface area contributed by atoms with Crippen LogP contribution in [-0.2, 0) is 11.2 Å². The number of hydrogen-bond donors (Lipinski definition) is 0. The van der Waals surface area contributed by atoms with E-state index in [-0.39, 0.29) is 0 Å². The molecule has 1 aromatic heterocycles. The van der Waals surface area contributed by atoms with Crippen LogP contribution in [0.5, 0.6) is 5.75 Å². The minimum Gasteiger partial charge on any atom is -0.546 e. The van der Waals surface area contributed by atoms with E-state index in [0.717, 1.165) is 23.8 Å². The highest BCUT2D eigenvalue weighted by Crippen LogP contribution is 2.29. The van der Waals surface area contributed by atoms with Crippen molar-refractivity contribution in [3.63, 3.8) is 0 Å². The van der Waals surface area contributed by atoms with Crippen molar-refractivity contribution in [2.24, 2.45) is 0 Å². The van der Waals surface area contributed by atoms with Crippen LogP contribution in [-0.4, -0.2) is 12.1 Å². The lowest BCUT2D eigenvalue weighted by Gasteiger charge is -2.18. The zero-order chi connectivity index (χ0) is 15.6. The summed E-state index contributed by atoms with van der Waals surface area (Å²) in [5.74, 6) is -0.924. The molecular weight excluding hydrogens is 272 g/mol. The molecule has 0 aliphatic carbocycles. The maximum absolute atomic E-state index is 11.7. The predicted octanol–water partition coefficient (Wildman–Crippen LogP) is 1.57. The summed E-state index contributed by atoms with van der Waals surface area (Å²) in [5.41, 5.74) is 1.55. The molecule has 0 amide bonds. The van der Waals surface area contributed by atoms with E-state index in [9.17, 15) is 14.7 Å². The number of aryl methyl sites for hydroxylation is 2. The number of carbonyl (C=O) groups excluding carboxylic acids is 1. The lowest BCUT2D eigenvalue weighted by atomic mass is 10.0. The van der Waals surface area contributed by atoms with Gasteiger partial charge < -0.3 is 19.1 Å². The summed E-state index contributed by atoms with van der Waals surface area (Å²) < 4.78 is 10.6. The first-order chi connectivity index (χ1) is 9.93. The lowest BCUT2D eigenvalue weighted by molar-refractivity contribution is -0.312. The first-order valence-corrected chi connectivity index (χ1v) is 6.88. The standard InChI is InChI=1S/C16H18O5/c1-4-5-11-8-14(17)21-15-9(2)13(7-6-12(11)15)20-10(3)16(18)19/h6-8,10H,4-5H2,1-3H3,(H,18,19)/p-1/t10-/m1/s1. The fraction of sp³-hybridized carbons (Fsp3) is 0.375. The Hall–Kier alpha value is -2.30. The Balaban J connectivity index is 2.56. The summed E-state index contributed by atoms with van der Waals surface area (Å²) in [6.07, 6.45) is 0.612. The highest BCUT2D eigenvalue weighted by molar-refractivity contribution is 5.85. The van der Waals surface area contributed by atoms with Crippen LogP contribution in [0.3, 0.4) is 0 Å². The Kier molecular flexibility index (Phi) is 4.31. The molecule has 0 bridgehead atoms. The van der Waals surface area contributed by atoms with E-state index in [4.69, 9.17) is 9.15 Å². The Labute approximate surface area is 122 Å². The molecule has 0 aliphatic heterocycles. The lowest BCUT2D eigenvalue weighted by Crippen LogP contribution is -2.37. The van der Waals surface area contributed by atoms with Gasteiger partial charge in [0.2, 0.25) is 0 Å². The average Bonchev–Trinajstić information content (AvgIpc) is 2.42. The molecule has 0 radical (unpaired) electrons. The molecule has 5 nitrogen and oxygen atoms in total. The zero-order valence-corrected chi connectivity index (χ0v) is 12.3. The van der Waals surface area contributed by atoms with Crippen molar-refractivity contribution in [1.29, 1.82) is 0 Å². The first kappa shape index (κ1) is 15.1. The highest BCUT2D eigenvalue weighted by Gasteiger charge is 2.13. The Morgan fingerprint density at radius 1 is 1.43 bits per heavy atom. The van der Waals surface area contributed by atoms with Gasteiger partial charge in [-0.2, -0.15) is 0 Å². The van der Waals surface area contributed by atoms with Gasteiger partial charge >= 0.3 is 5.63 Å². The molecule has 1 heterocycles. The van der Waals surface area contributed by atoms with Crippen LogP contribution >= 0.6 is 0 Å². The number of benzene rings is 1. The molecule has 0 N–H and O–H groups in total. The van der Waals surface area contributed by atoms with Gasteiger partial charge in [-0.3, -0.25) is 0 Å². The van der Waals surface area contributed by atoms with Gasteiger partial charge in [-0.15, -0.1) is 0 Å². The molecule has 0 fully saturated rings. The summed E-state index contributed by atoms with van der Waals surface area (Å²) in [6, 6.07) is 4.97. The minimum absolute atomic E-state index is 0.371. The van der Waals surface area contributed by atoms with Gasteiger partial charge in [-0.25, -0.2) is 4.79 Å². The summed E-state index contributed by atoms with van der Waals surface area (Å²) in [7, 11) is 0. The third-order valence-electron chi connectivity index (χ3n) is 3.35. The van der Waals surface area contributed by atoms with Crippen LogP contribution < -0.4 is 15.5 Å². The zero-order valence-electron chi connectivity index (χ0n) is 12.3. The molecule has 0 saturated carbocycles. The monoisotopic (exact) mass is 289 g/mol. The van der Waals surface area contributed by atoms with Gasteiger partial charge in [0.25, 0.3) is 0 Å². The van der Waals surface area contributed by atoms with E-state index in [2.05, 4.69) is 0 Å². The Morgan fingerprint density at radius 2 is 2.14 bits per heavy atom. The fourth-order valence-corrected chi connectivity index (χ4v) is 2.25. The molecule has 1 aromatic carbocycles.